The lowest BCUT2D eigenvalue weighted by Crippen LogP contribution is -2.09. The highest BCUT2D eigenvalue weighted by atomic mass is 16.5. The molecular formula is C14H23BO. The number of hydrogen-bond donors (Lipinski definition) is 0. The molecule has 0 spiro atoms. The van der Waals surface area contributed by atoms with E-state index in [1.165, 1.54) is 44.0 Å². The predicted octanol–water partition coefficient (Wildman–Crippen LogP) is 2.68. The Labute approximate surface area is 101 Å². The van der Waals surface area contributed by atoms with Gasteiger partial charge in [0, 0.05) is 0 Å². The van der Waals surface area contributed by atoms with Crippen LogP contribution in [-0.2, 0) is 0 Å². The molecule has 0 aromatic heterocycles. The van der Waals surface area contributed by atoms with E-state index in [2.05, 4.69) is 20.8 Å². The summed E-state index contributed by atoms with van der Waals surface area (Å²) in [5.41, 5.74) is 1.23. The molecular weight excluding hydrogens is 195 g/mol. The fourth-order valence-electron chi connectivity index (χ4n) is 1.78. The minimum atomic E-state index is 0.858. The minimum Gasteiger partial charge on any atom is -0.494 e. The Bertz CT molecular complexity index is 286. The van der Waals surface area contributed by atoms with Gasteiger partial charge < -0.3 is 4.74 Å². The van der Waals surface area contributed by atoms with Crippen LogP contribution in [0.2, 0.25) is 0 Å². The van der Waals surface area contributed by atoms with Crippen molar-refractivity contribution in [1.29, 1.82) is 0 Å². The Balaban J connectivity index is 2.05. The minimum absolute atomic E-state index is 0.858. The Morgan fingerprint density at radius 1 is 1.00 bits per heavy atom. The zero-order chi connectivity index (χ0) is 11.6. The van der Waals surface area contributed by atoms with Crippen LogP contribution in [0, 0.1) is 0 Å². The SMILES string of the molecule is Bc1ccccc1OCCCCCCCC. The molecule has 0 atom stereocenters. The van der Waals surface area contributed by atoms with Gasteiger partial charge >= 0.3 is 0 Å². The summed E-state index contributed by atoms with van der Waals surface area (Å²) in [6.45, 7) is 3.11. The van der Waals surface area contributed by atoms with Gasteiger partial charge in [0.15, 0.2) is 0 Å². The molecule has 0 heterocycles. The lowest BCUT2D eigenvalue weighted by atomic mass is 9.95. The normalized spacial score (nSPS) is 10.3. The monoisotopic (exact) mass is 218 g/mol. The maximum absolute atomic E-state index is 5.74. The van der Waals surface area contributed by atoms with Crippen LogP contribution >= 0.6 is 0 Å². The lowest BCUT2D eigenvalue weighted by Gasteiger charge is -2.08. The third kappa shape index (κ3) is 5.25. The zero-order valence-electron chi connectivity index (χ0n) is 10.7. The van der Waals surface area contributed by atoms with Gasteiger partial charge in [0.1, 0.15) is 13.6 Å². The molecule has 0 aliphatic rings. The number of para-hydroxylation sites is 1. The number of rotatable bonds is 8. The van der Waals surface area contributed by atoms with Crippen LogP contribution in [0.3, 0.4) is 0 Å². The van der Waals surface area contributed by atoms with E-state index >= 15 is 0 Å². The maximum Gasteiger partial charge on any atom is 0.144 e. The average Bonchev–Trinajstić information content (AvgIpc) is 2.30. The second kappa shape index (κ2) is 8.26. The summed E-state index contributed by atoms with van der Waals surface area (Å²) in [5.74, 6) is 1.04. The molecule has 0 aliphatic carbocycles. The topological polar surface area (TPSA) is 9.23 Å². The molecule has 0 radical (unpaired) electrons. The summed E-state index contributed by atoms with van der Waals surface area (Å²) < 4.78 is 5.74. The summed E-state index contributed by atoms with van der Waals surface area (Å²) >= 11 is 0. The molecule has 0 N–H and O–H groups in total. The molecule has 2 heteroatoms. The third-order valence-corrected chi connectivity index (χ3v) is 2.85. The van der Waals surface area contributed by atoms with Crippen LogP contribution in [0.25, 0.3) is 0 Å². The average molecular weight is 218 g/mol. The van der Waals surface area contributed by atoms with Crippen LogP contribution in [0.1, 0.15) is 45.4 Å². The molecule has 0 aliphatic heterocycles. The first-order valence-corrected chi connectivity index (χ1v) is 6.53. The molecule has 0 fully saturated rings. The number of unbranched alkanes of at least 4 members (excludes halogenated alkanes) is 5. The Morgan fingerprint density at radius 2 is 1.69 bits per heavy atom. The van der Waals surface area contributed by atoms with Crippen molar-refractivity contribution >= 4 is 13.3 Å². The zero-order valence-corrected chi connectivity index (χ0v) is 10.7. The lowest BCUT2D eigenvalue weighted by molar-refractivity contribution is 0.306. The fraction of sp³-hybridized carbons (Fsp3) is 0.571. The second-order valence-corrected chi connectivity index (χ2v) is 4.38. The van der Waals surface area contributed by atoms with Crippen LogP contribution < -0.4 is 10.2 Å². The Kier molecular flexibility index (Phi) is 6.79. The molecule has 1 rings (SSSR count). The van der Waals surface area contributed by atoms with Crippen molar-refractivity contribution < 1.29 is 4.74 Å². The molecule has 16 heavy (non-hydrogen) atoms. The largest absolute Gasteiger partial charge is 0.494 e. The van der Waals surface area contributed by atoms with E-state index in [4.69, 9.17) is 4.74 Å². The van der Waals surface area contributed by atoms with Crippen molar-refractivity contribution in [2.45, 2.75) is 45.4 Å². The molecule has 0 saturated heterocycles. The summed E-state index contributed by atoms with van der Waals surface area (Å²) in [4.78, 5) is 0. The number of hydrogen-bond acceptors (Lipinski definition) is 1. The van der Waals surface area contributed by atoms with Crippen LogP contribution in [0.5, 0.6) is 5.75 Å². The summed E-state index contributed by atoms with van der Waals surface area (Å²) in [5, 5.41) is 0. The fourth-order valence-corrected chi connectivity index (χ4v) is 1.78. The molecule has 1 nitrogen and oxygen atoms in total. The standard InChI is InChI=1S/C14H23BO/c1-2-3-4-5-6-9-12-16-14-11-8-7-10-13(14)15/h7-8,10-11H,2-6,9,12,15H2,1H3. The van der Waals surface area contributed by atoms with E-state index in [0.717, 1.165) is 12.4 Å². The van der Waals surface area contributed by atoms with Gasteiger partial charge in [-0.25, -0.2) is 0 Å². The van der Waals surface area contributed by atoms with Gasteiger partial charge in [-0.3, -0.25) is 0 Å². The van der Waals surface area contributed by atoms with Crippen molar-refractivity contribution in [3.8, 4) is 5.75 Å². The molecule has 0 amide bonds. The van der Waals surface area contributed by atoms with E-state index in [1.54, 1.807) is 0 Å². The van der Waals surface area contributed by atoms with E-state index in [-0.39, 0.29) is 0 Å². The van der Waals surface area contributed by atoms with E-state index in [0.29, 0.717) is 0 Å². The van der Waals surface area contributed by atoms with E-state index < -0.39 is 0 Å². The maximum atomic E-state index is 5.74. The first kappa shape index (κ1) is 13.2. The molecule has 88 valence electrons. The van der Waals surface area contributed by atoms with Gasteiger partial charge in [0.2, 0.25) is 0 Å². The van der Waals surface area contributed by atoms with Gasteiger partial charge in [-0.15, -0.1) is 0 Å². The van der Waals surface area contributed by atoms with Crippen molar-refractivity contribution in [3.63, 3.8) is 0 Å². The Morgan fingerprint density at radius 3 is 2.44 bits per heavy atom. The third-order valence-electron chi connectivity index (χ3n) is 2.85. The van der Waals surface area contributed by atoms with E-state index in [1.807, 2.05) is 18.2 Å². The molecule has 0 saturated carbocycles. The molecule has 1 aromatic carbocycles. The van der Waals surface area contributed by atoms with Crippen LogP contribution in [-0.4, -0.2) is 14.5 Å². The predicted molar refractivity (Wildman–Crippen MR) is 73.5 cm³/mol. The first-order valence-electron chi connectivity index (χ1n) is 6.53. The molecule has 1 aromatic rings. The van der Waals surface area contributed by atoms with Gasteiger partial charge in [-0.2, -0.15) is 0 Å². The second-order valence-electron chi connectivity index (χ2n) is 4.38. The van der Waals surface area contributed by atoms with Crippen LogP contribution in [0.4, 0.5) is 0 Å². The van der Waals surface area contributed by atoms with Crippen LogP contribution in [0.15, 0.2) is 24.3 Å². The number of ether oxygens (including phenoxy) is 1. The molecule has 0 unspecified atom stereocenters. The van der Waals surface area contributed by atoms with Gasteiger partial charge in [0.25, 0.3) is 0 Å². The quantitative estimate of drug-likeness (QED) is 0.481. The summed E-state index contributed by atoms with van der Waals surface area (Å²) in [6, 6.07) is 8.22. The highest BCUT2D eigenvalue weighted by Crippen LogP contribution is 2.08. The summed E-state index contributed by atoms with van der Waals surface area (Å²) in [6.07, 6.45) is 7.90. The Hall–Kier alpha value is -0.915. The van der Waals surface area contributed by atoms with Crippen molar-refractivity contribution in [2.24, 2.45) is 0 Å². The summed E-state index contributed by atoms with van der Waals surface area (Å²) in [7, 11) is 2.09. The smallest absolute Gasteiger partial charge is 0.144 e. The van der Waals surface area contributed by atoms with Crippen molar-refractivity contribution in [2.75, 3.05) is 6.61 Å². The molecule has 0 bridgehead atoms. The van der Waals surface area contributed by atoms with Crippen molar-refractivity contribution in [1.82, 2.24) is 0 Å². The number of benzene rings is 1. The van der Waals surface area contributed by atoms with Crippen molar-refractivity contribution in [3.05, 3.63) is 24.3 Å². The van der Waals surface area contributed by atoms with Gasteiger partial charge in [-0.1, -0.05) is 57.2 Å². The highest BCUT2D eigenvalue weighted by Gasteiger charge is 1.96. The van der Waals surface area contributed by atoms with Gasteiger partial charge in [-0.05, 0) is 17.9 Å². The first-order chi connectivity index (χ1) is 7.84. The van der Waals surface area contributed by atoms with E-state index in [9.17, 15) is 0 Å². The highest BCUT2D eigenvalue weighted by molar-refractivity contribution is 6.34. The van der Waals surface area contributed by atoms with Gasteiger partial charge in [0.05, 0.1) is 6.61 Å².